The van der Waals surface area contributed by atoms with Gasteiger partial charge in [-0.3, -0.25) is 13.9 Å². The molecule has 11 heteroatoms. The Hall–Kier alpha value is -3.37. The van der Waals surface area contributed by atoms with Gasteiger partial charge < -0.3 is 10.2 Å². The minimum Gasteiger partial charge on any atom is -0.354 e. The molecule has 1 atom stereocenters. The fourth-order valence-corrected chi connectivity index (χ4v) is 7.07. The summed E-state index contributed by atoms with van der Waals surface area (Å²) in [7, 11) is -4.27. The summed E-state index contributed by atoms with van der Waals surface area (Å²) in [5.74, 6) is -0.886. The average Bonchev–Trinajstić information content (AvgIpc) is 3.02. The van der Waals surface area contributed by atoms with Gasteiger partial charge in [0.15, 0.2) is 0 Å². The Morgan fingerprint density at radius 3 is 2.11 bits per heavy atom. The Bertz CT molecular complexity index is 1720. The Balaban J connectivity index is 1.81. The number of carbonyl (C=O) groups is 2. The number of sulfonamides is 1. The summed E-state index contributed by atoms with van der Waals surface area (Å²) in [5, 5.41) is 3.41. The van der Waals surface area contributed by atoms with Crippen molar-refractivity contribution in [3.05, 3.63) is 128 Å². The molecule has 0 unspecified atom stereocenters. The molecule has 0 saturated heterocycles. The van der Waals surface area contributed by atoms with Gasteiger partial charge in [0.1, 0.15) is 12.6 Å². The van der Waals surface area contributed by atoms with E-state index >= 15 is 0 Å². The zero-order valence-corrected chi connectivity index (χ0v) is 29.5. The zero-order chi connectivity index (χ0) is 33.3. The molecule has 1 N–H and O–H groups in total. The Kier molecular flexibility index (Phi) is 12.7. The standard InChI is InChI=1S/C35H36BrCl2N3O4S/c1-3-4-18-39-35(43)33(19-26-8-6-5-7-9-26)40(23-27-12-14-28(36)15-13-27)34(42)24-41(31-21-29(37)20-30(38)22-31)46(44,45)32-16-10-25(2)11-17-32/h5-17,20-22,33H,3-4,18-19,23-24H2,1-2H3,(H,39,43)/t33-/m0/s1. The third-order valence-electron chi connectivity index (χ3n) is 7.39. The predicted molar refractivity (Wildman–Crippen MR) is 189 cm³/mol. The minimum atomic E-state index is -4.27. The molecule has 46 heavy (non-hydrogen) atoms. The van der Waals surface area contributed by atoms with E-state index in [4.69, 9.17) is 23.2 Å². The topological polar surface area (TPSA) is 86.8 Å². The second-order valence-electron chi connectivity index (χ2n) is 11.0. The number of amides is 2. The SMILES string of the molecule is CCCCNC(=O)[C@H](Cc1ccccc1)N(Cc1ccc(Br)cc1)C(=O)CN(c1cc(Cl)cc(Cl)c1)S(=O)(=O)c1ccc(C)cc1. The molecule has 0 aliphatic carbocycles. The molecule has 0 bridgehead atoms. The van der Waals surface area contributed by atoms with Crippen LogP contribution >= 0.6 is 39.1 Å². The lowest BCUT2D eigenvalue weighted by Gasteiger charge is -2.34. The zero-order valence-electron chi connectivity index (χ0n) is 25.6. The van der Waals surface area contributed by atoms with Crippen LogP contribution in [-0.2, 0) is 32.6 Å². The molecule has 4 aromatic carbocycles. The third kappa shape index (κ3) is 9.58. The van der Waals surface area contributed by atoms with Crippen LogP contribution in [0.25, 0.3) is 0 Å². The van der Waals surface area contributed by atoms with Gasteiger partial charge in [0, 0.05) is 34.0 Å². The average molecular weight is 746 g/mol. The van der Waals surface area contributed by atoms with E-state index in [0.29, 0.717) is 6.54 Å². The molecule has 0 heterocycles. The van der Waals surface area contributed by atoms with Crippen molar-refractivity contribution in [2.24, 2.45) is 0 Å². The van der Waals surface area contributed by atoms with Crippen LogP contribution in [0, 0.1) is 6.92 Å². The van der Waals surface area contributed by atoms with Crippen LogP contribution in [-0.4, -0.2) is 44.3 Å². The number of nitrogens with zero attached hydrogens (tertiary/aromatic N) is 2. The molecule has 0 spiro atoms. The number of nitrogens with one attached hydrogen (secondary N) is 1. The first kappa shape index (κ1) is 35.5. The maximum Gasteiger partial charge on any atom is 0.264 e. The van der Waals surface area contributed by atoms with Crippen molar-refractivity contribution in [1.29, 1.82) is 0 Å². The maximum atomic E-state index is 14.5. The van der Waals surface area contributed by atoms with Crippen molar-refractivity contribution < 1.29 is 18.0 Å². The molecule has 7 nitrogen and oxygen atoms in total. The van der Waals surface area contributed by atoms with E-state index in [-0.39, 0.29) is 39.5 Å². The van der Waals surface area contributed by atoms with Crippen LogP contribution in [0.4, 0.5) is 5.69 Å². The number of hydrogen-bond donors (Lipinski definition) is 1. The summed E-state index contributed by atoms with van der Waals surface area (Å²) in [6.07, 6.45) is 1.90. The lowest BCUT2D eigenvalue weighted by atomic mass is 10.0. The second-order valence-corrected chi connectivity index (χ2v) is 14.6. The van der Waals surface area contributed by atoms with Crippen LogP contribution in [0.3, 0.4) is 0 Å². The van der Waals surface area contributed by atoms with E-state index in [1.807, 2.05) is 68.4 Å². The molecular weight excluding hydrogens is 709 g/mol. The van der Waals surface area contributed by atoms with Crippen molar-refractivity contribution in [3.63, 3.8) is 0 Å². The van der Waals surface area contributed by atoms with Crippen LogP contribution in [0.1, 0.15) is 36.5 Å². The molecule has 0 fully saturated rings. The van der Waals surface area contributed by atoms with E-state index in [1.54, 1.807) is 12.1 Å². The van der Waals surface area contributed by atoms with Crippen molar-refractivity contribution in [3.8, 4) is 0 Å². The first-order valence-corrected chi connectivity index (χ1v) is 17.9. The van der Waals surface area contributed by atoms with Gasteiger partial charge in [0.2, 0.25) is 11.8 Å². The van der Waals surface area contributed by atoms with Crippen molar-refractivity contribution >= 4 is 66.7 Å². The summed E-state index contributed by atoms with van der Waals surface area (Å²) in [6, 6.07) is 26.7. The lowest BCUT2D eigenvalue weighted by Crippen LogP contribution is -2.53. The van der Waals surface area contributed by atoms with Gasteiger partial charge in [0.25, 0.3) is 10.0 Å². The smallest absolute Gasteiger partial charge is 0.264 e. The molecule has 0 radical (unpaired) electrons. The van der Waals surface area contributed by atoms with Gasteiger partial charge in [-0.15, -0.1) is 0 Å². The van der Waals surface area contributed by atoms with E-state index in [1.165, 1.54) is 35.2 Å². The number of benzene rings is 4. The largest absolute Gasteiger partial charge is 0.354 e. The summed E-state index contributed by atoms with van der Waals surface area (Å²) < 4.78 is 30.2. The molecule has 0 aliphatic heterocycles. The van der Waals surface area contributed by atoms with E-state index < -0.39 is 28.5 Å². The molecule has 242 valence electrons. The number of halogens is 3. The molecule has 0 aromatic heterocycles. The van der Waals surface area contributed by atoms with E-state index in [2.05, 4.69) is 21.2 Å². The van der Waals surface area contributed by atoms with Crippen molar-refractivity contribution in [1.82, 2.24) is 10.2 Å². The normalized spacial score (nSPS) is 11.9. The third-order valence-corrected chi connectivity index (χ3v) is 10.1. The molecule has 0 saturated carbocycles. The molecular formula is C35H36BrCl2N3O4S. The maximum absolute atomic E-state index is 14.5. The quantitative estimate of drug-likeness (QED) is 0.134. The van der Waals surface area contributed by atoms with Crippen LogP contribution < -0.4 is 9.62 Å². The Morgan fingerprint density at radius 2 is 1.50 bits per heavy atom. The molecule has 4 rings (SSSR count). The van der Waals surface area contributed by atoms with E-state index in [9.17, 15) is 18.0 Å². The van der Waals surface area contributed by atoms with Crippen LogP contribution in [0.15, 0.2) is 106 Å². The second kappa shape index (κ2) is 16.5. The fourth-order valence-electron chi connectivity index (χ4n) is 4.90. The summed E-state index contributed by atoms with van der Waals surface area (Å²) >= 11 is 16.1. The summed E-state index contributed by atoms with van der Waals surface area (Å²) in [6.45, 7) is 3.81. The lowest BCUT2D eigenvalue weighted by molar-refractivity contribution is -0.140. The van der Waals surface area contributed by atoms with Gasteiger partial charge in [-0.05, 0) is 66.9 Å². The number of aryl methyl sites for hydroxylation is 1. The highest BCUT2D eigenvalue weighted by atomic mass is 79.9. The first-order chi connectivity index (χ1) is 22.0. The van der Waals surface area contributed by atoms with Crippen LogP contribution in [0.2, 0.25) is 10.0 Å². The Labute approximate surface area is 289 Å². The van der Waals surface area contributed by atoms with Gasteiger partial charge >= 0.3 is 0 Å². The molecule has 4 aromatic rings. The highest BCUT2D eigenvalue weighted by Crippen LogP contribution is 2.30. The monoisotopic (exact) mass is 743 g/mol. The van der Waals surface area contributed by atoms with Gasteiger partial charge in [-0.1, -0.05) is 113 Å². The summed E-state index contributed by atoms with van der Waals surface area (Å²) in [4.78, 5) is 29.8. The minimum absolute atomic E-state index is 0.000369. The van der Waals surface area contributed by atoms with Gasteiger partial charge in [-0.25, -0.2) is 8.42 Å². The highest BCUT2D eigenvalue weighted by Gasteiger charge is 2.34. The van der Waals surface area contributed by atoms with E-state index in [0.717, 1.165) is 38.3 Å². The first-order valence-electron chi connectivity index (χ1n) is 14.9. The van der Waals surface area contributed by atoms with Crippen molar-refractivity contribution in [2.75, 3.05) is 17.4 Å². The predicted octanol–water partition coefficient (Wildman–Crippen LogP) is 7.82. The Morgan fingerprint density at radius 1 is 0.870 bits per heavy atom. The summed E-state index contributed by atoms with van der Waals surface area (Å²) in [5.41, 5.74) is 2.64. The van der Waals surface area contributed by atoms with Crippen LogP contribution in [0.5, 0.6) is 0 Å². The number of unbranched alkanes of at least 4 members (excludes halogenated alkanes) is 1. The van der Waals surface area contributed by atoms with Gasteiger partial charge in [0.05, 0.1) is 10.6 Å². The molecule has 2 amide bonds. The van der Waals surface area contributed by atoms with Gasteiger partial charge in [-0.2, -0.15) is 0 Å². The number of carbonyl (C=O) groups excluding carboxylic acids is 2. The van der Waals surface area contributed by atoms with Crippen molar-refractivity contribution in [2.45, 2.75) is 50.6 Å². The number of anilines is 1. The fraction of sp³-hybridized carbons (Fsp3) is 0.257. The molecule has 0 aliphatic rings. The number of rotatable bonds is 14. The number of hydrogen-bond acceptors (Lipinski definition) is 4. The highest BCUT2D eigenvalue weighted by molar-refractivity contribution is 9.10.